The molecule has 0 amide bonds. The summed E-state index contributed by atoms with van der Waals surface area (Å²) in [6.07, 6.45) is 57.7. The van der Waals surface area contributed by atoms with E-state index in [4.69, 9.17) is 18.5 Å². The quantitative estimate of drug-likeness (QED) is 0.0212. The maximum atomic E-state index is 12.7. The number of phosphoric acid groups is 1. The predicted octanol–water partition coefficient (Wildman–Crippen LogP) is 14.1. The molecule has 1 N–H and O–H groups in total. The monoisotopic (exact) mass is 887 g/mol. The summed E-state index contributed by atoms with van der Waals surface area (Å²) in [5.41, 5.74) is 0. The van der Waals surface area contributed by atoms with Crippen molar-refractivity contribution in [1.82, 2.24) is 0 Å². The van der Waals surface area contributed by atoms with Crippen LogP contribution in [0.3, 0.4) is 0 Å². The minimum Gasteiger partial charge on any atom is -0.462 e. The third-order valence-electron chi connectivity index (χ3n) is 9.63. The molecule has 62 heavy (non-hydrogen) atoms. The van der Waals surface area contributed by atoms with Crippen LogP contribution in [0.2, 0.25) is 0 Å². The van der Waals surface area contributed by atoms with Gasteiger partial charge in [0.05, 0.1) is 27.7 Å². The van der Waals surface area contributed by atoms with Crippen LogP contribution in [0.25, 0.3) is 0 Å². The van der Waals surface area contributed by atoms with E-state index < -0.39 is 26.5 Å². The fourth-order valence-corrected chi connectivity index (χ4v) is 6.65. The molecule has 0 bridgehead atoms. The Morgan fingerprint density at radius 3 is 1.37 bits per heavy atom. The van der Waals surface area contributed by atoms with Crippen LogP contribution in [-0.2, 0) is 32.7 Å². The minimum absolute atomic E-state index is 0.0241. The van der Waals surface area contributed by atoms with Crippen LogP contribution in [-0.4, -0.2) is 74.9 Å². The van der Waals surface area contributed by atoms with Gasteiger partial charge in [-0.1, -0.05) is 175 Å². The third kappa shape index (κ3) is 46.4. The Bertz CT molecular complexity index is 1370. The molecular formula is C52H89NO8P+. The molecule has 0 fully saturated rings. The van der Waals surface area contributed by atoms with E-state index in [9.17, 15) is 19.0 Å². The number of carbonyl (C=O) groups is 2. The summed E-state index contributed by atoms with van der Waals surface area (Å²) in [6, 6.07) is 0. The topological polar surface area (TPSA) is 108 Å². The van der Waals surface area contributed by atoms with Crippen molar-refractivity contribution in [3.63, 3.8) is 0 Å². The van der Waals surface area contributed by atoms with Gasteiger partial charge in [0.2, 0.25) is 0 Å². The molecule has 0 aromatic heterocycles. The fraction of sp³-hybridized carbons (Fsp3) is 0.654. The number of nitrogens with zero attached hydrogens (tertiary/aromatic N) is 1. The molecule has 0 spiro atoms. The van der Waals surface area contributed by atoms with Crippen molar-refractivity contribution in [2.24, 2.45) is 0 Å². The zero-order valence-corrected chi connectivity index (χ0v) is 40.7. The SMILES string of the molecule is CC/C=C\C/C=C\C/C=C\C/C=C\C/C=C\C/C=C\C/C=C\C/C=C\CCCCCCCCC(=O)OC(COC(=O)CCCCCCCCC)COP(=O)(O)OCC[N+](C)(C)C. The van der Waals surface area contributed by atoms with E-state index in [0.717, 1.165) is 109 Å². The second kappa shape index (κ2) is 43.2. The smallest absolute Gasteiger partial charge is 0.462 e. The van der Waals surface area contributed by atoms with E-state index in [0.29, 0.717) is 17.4 Å². The Labute approximate surface area is 379 Å². The highest BCUT2D eigenvalue weighted by Gasteiger charge is 2.27. The lowest BCUT2D eigenvalue weighted by atomic mass is 10.1. The van der Waals surface area contributed by atoms with E-state index in [1.54, 1.807) is 0 Å². The van der Waals surface area contributed by atoms with Crippen LogP contribution in [0.4, 0.5) is 0 Å². The lowest BCUT2D eigenvalue weighted by Crippen LogP contribution is -2.37. The summed E-state index contributed by atoms with van der Waals surface area (Å²) in [4.78, 5) is 35.2. The van der Waals surface area contributed by atoms with Crippen LogP contribution in [0.5, 0.6) is 0 Å². The van der Waals surface area contributed by atoms with Crippen LogP contribution < -0.4 is 0 Å². The second-order valence-electron chi connectivity index (χ2n) is 16.8. The molecule has 0 saturated heterocycles. The lowest BCUT2D eigenvalue weighted by Gasteiger charge is -2.24. The number of hydrogen-bond acceptors (Lipinski definition) is 7. The second-order valence-corrected chi connectivity index (χ2v) is 18.2. The number of likely N-dealkylation sites (N-methyl/N-ethyl adjacent to an activating group) is 1. The Hall–Kier alpha value is -3.07. The molecule has 354 valence electrons. The van der Waals surface area contributed by atoms with Gasteiger partial charge in [-0.15, -0.1) is 0 Å². The van der Waals surface area contributed by atoms with Gasteiger partial charge >= 0.3 is 19.8 Å². The molecule has 0 aliphatic heterocycles. The first-order chi connectivity index (χ1) is 30.0. The molecule has 9 nitrogen and oxygen atoms in total. The molecular weight excluding hydrogens is 798 g/mol. The molecule has 0 rings (SSSR count). The van der Waals surface area contributed by atoms with Crippen LogP contribution in [0.15, 0.2) is 97.2 Å². The van der Waals surface area contributed by atoms with Gasteiger partial charge in [-0.3, -0.25) is 18.6 Å². The summed E-state index contributed by atoms with van der Waals surface area (Å²) in [5.74, 6) is -0.831. The summed E-state index contributed by atoms with van der Waals surface area (Å²) < 4.78 is 34.2. The Kier molecular flexibility index (Phi) is 41.1. The largest absolute Gasteiger partial charge is 0.472 e. The number of unbranched alkanes of at least 4 members (excludes halogenated alkanes) is 12. The first-order valence-corrected chi connectivity index (χ1v) is 25.5. The van der Waals surface area contributed by atoms with Gasteiger partial charge in [0.15, 0.2) is 6.10 Å². The molecule has 2 unspecified atom stereocenters. The molecule has 0 aliphatic carbocycles. The van der Waals surface area contributed by atoms with E-state index in [1.165, 1.54) is 25.7 Å². The molecule has 0 radical (unpaired) electrons. The number of hydrogen-bond donors (Lipinski definition) is 1. The molecule has 0 aliphatic rings. The van der Waals surface area contributed by atoms with Crippen molar-refractivity contribution >= 4 is 19.8 Å². The fourth-order valence-electron chi connectivity index (χ4n) is 5.91. The highest BCUT2D eigenvalue weighted by atomic mass is 31.2. The standard InChI is InChI=1S/C52H88NO8P/c1-6-8-10-12-14-15-16-17-18-19-20-21-22-23-24-25-26-27-28-29-30-31-32-33-34-35-36-37-39-41-43-45-52(55)61-50(49-60-62(56,57)59-47-46-53(3,4)5)48-58-51(54)44-42-40-38-13-11-9-7-2/h8,10,14-15,17-18,20-21,23-24,26-27,29-30,32-33,50H,6-7,9,11-13,16,19,22,25,28,31,34-49H2,1-5H3/p+1/b10-8-,15-14-,18-17-,21-20-,24-23-,27-26-,30-29-,33-32-. The predicted molar refractivity (Wildman–Crippen MR) is 261 cm³/mol. The maximum absolute atomic E-state index is 12.7. The maximum Gasteiger partial charge on any atom is 0.472 e. The van der Waals surface area contributed by atoms with Crippen LogP contribution in [0.1, 0.15) is 168 Å². The average Bonchev–Trinajstić information content (AvgIpc) is 3.23. The average molecular weight is 887 g/mol. The Morgan fingerprint density at radius 1 is 0.516 bits per heavy atom. The van der Waals surface area contributed by atoms with E-state index in [2.05, 4.69) is 111 Å². The number of rotatable bonds is 42. The third-order valence-corrected chi connectivity index (χ3v) is 10.6. The number of carbonyl (C=O) groups excluding carboxylic acids is 2. The molecule has 10 heteroatoms. The summed E-state index contributed by atoms with van der Waals surface area (Å²) >= 11 is 0. The lowest BCUT2D eigenvalue weighted by molar-refractivity contribution is -0.870. The number of phosphoric ester groups is 1. The molecule has 0 heterocycles. The van der Waals surface area contributed by atoms with Crippen molar-refractivity contribution in [1.29, 1.82) is 0 Å². The van der Waals surface area contributed by atoms with Gasteiger partial charge in [0, 0.05) is 12.8 Å². The van der Waals surface area contributed by atoms with Gasteiger partial charge in [-0.2, -0.15) is 0 Å². The van der Waals surface area contributed by atoms with E-state index in [-0.39, 0.29) is 32.0 Å². The minimum atomic E-state index is -4.38. The summed E-state index contributed by atoms with van der Waals surface area (Å²) in [6.45, 7) is 4.22. The van der Waals surface area contributed by atoms with Crippen molar-refractivity contribution in [2.45, 2.75) is 174 Å². The highest BCUT2D eigenvalue weighted by Crippen LogP contribution is 2.43. The first-order valence-electron chi connectivity index (χ1n) is 24.0. The van der Waals surface area contributed by atoms with Crippen molar-refractivity contribution in [3.05, 3.63) is 97.2 Å². The van der Waals surface area contributed by atoms with Crippen LogP contribution >= 0.6 is 7.82 Å². The normalized spacial score (nSPS) is 14.4. The molecule has 0 aromatic carbocycles. The van der Waals surface area contributed by atoms with Gasteiger partial charge in [0.1, 0.15) is 19.8 Å². The van der Waals surface area contributed by atoms with Gasteiger partial charge < -0.3 is 18.9 Å². The number of quaternary nitrogens is 1. The van der Waals surface area contributed by atoms with Gasteiger partial charge in [0.25, 0.3) is 0 Å². The van der Waals surface area contributed by atoms with Crippen LogP contribution in [0, 0.1) is 0 Å². The number of allylic oxidation sites excluding steroid dienone is 16. The van der Waals surface area contributed by atoms with Crippen molar-refractivity contribution < 1.29 is 42.1 Å². The van der Waals surface area contributed by atoms with Gasteiger partial charge in [-0.05, 0) is 77.0 Å². The molecule has 0 saturated carbocycles. The zero-order chi connectivity index (χ0) is 45.7. The van der Waals surface area contributed by atoms with E-state index in [1.807, 2.05) is 21.1 Å². The first kappa shape index (κ1) is 58.9. The zero-order valence-electron chi connectivity index (χ0n) is 39.8. The molecule has 2 atom stereocenters. The van der Waals surface area contributed by atoms with Gasteiger partial charge in [-0.25, -0.2) is 4.57 Å². The number of ether oxygens (including phenoxy) is 2. The Balaban J connectivity index is 4.17. The Morgan fingerprint density at radius 2 is 0.919 bits per heavy atom. The molecule has 0 aromatic rings. The van der Waals surface area contributed by atoms with Crippen molar-refractivity contribution in [3.8, 4) is 0 Å². The summed E-state index contributed by atoms with van der Waals surface area (Å²) in [7, 11) is 1.45. The highest BCUT2D eigenvalue weighted by molar-refractivity contribution is 7.47. The van der Waals surface area contributed by atoms with E-state index >= 15 is 0 Å². The summed E-state index contributed by atoms with van der Waals surface area (Å²) in [5, 5.41) is 0. The van der Waals surface area contributed by atoms with Crippen molar-refractivity contribution in [2.75, 3.05) is 47.5 Å². The number of esters is 2.